The summed E-state index contributed by atoms with van der Waals surface area (Å²) < 4.78 is 6.64. The largest absolute Gasteiger partial charge is 0.504 e. The lowest BCUT2D eigenvalue weighted by Gasteiger charge is -2.64. The van der Waals surface area contributed by atoms with Crippen LogP contribution in [0.15, 0.2) is 47.3 Å². The third-order valence-electron chi connectivity index (χ3n) is 9.53. The van der Waals surface area contributed by atoms with E-state index in [0.717, 1.165) is 47.8 Å². The highest BCUT2D eigenvalue weighted by Gasteiger charge is 2.74. The average Bonchev–Trinajstić information content (AvgIpc) is 3.55. The van der Waals surface area contributed by atoms with Crippen LogP contribution in [0.25, 0.3) is 0 Å². The van der Waals surface area contributed by atoms with Gasteiger partial charge in [0.15, 0.2) is 17.6 Å². The Bertz CT molecular complexity index is 1260. The minimum absolute atomic E-state index is 0.0750. The molecule has 7 nitrogen and oxygen atoms in total. The molecule has 7 heteroatoms. The highest BCUT2D eigenvalue weighted by Crippen LogP contribution is 2.67. The number of carbonyl (C=O) groups is 1. The number of ether oxygens (including phenoxy) is 1. The van der Waals surface area contributed by atoms with E-state index in [1.807, 2.05) is 25.1 Å². The van der Waals surface area contributed by atoms with Crippen molar-refractivity contribution in [3.63, 3.8) is 0 Å². The van der Waals surface area contributed by atoms with Crippen LogP contribution in [-0.2, 0) is 16.6 Å². The summed E-state index contributed by atoms with van der Waals surface area (Å²) in [5.74, 6) is 1.21. The van der Waals surface area contributed by atoms with Crippen molar-refractivity contribution in [1.82, 2.24) is 15.1 Å². The van der Waals surface area contributed by atoms with Gasteiger partial charge in [-0.3, -0.25) is 9.69 Å². The number of hydrogen-bond donors (Lipinski definition) is 3. The number of fused-ring (bicyclic) bond motifs is 3. The quantitative estimate of drug-likeness (QED) is 0.628. The van der Waals surface area contributed by atoms with E-state index in [0.29, 0.717) is 24.2 Å². The molecule has 34 heavy (non-hydrogen) atoms. The number of aliphatic hydroxyl groups is 1. The average molecular weight is 460 g/mol. The van der Waals surface area contributed by atoms with Crippen LogP contribution in [0.1, 0.15) is 43.7 Å². The van der Waals surface area contributed by atoms with E-state index in [1.165, 1.54) is 12.8 Å². The van der Waals surface area contributed by atoms with Gasteiger partial charge in [-0.15, -0.1) is 0 Å². The molecular weight excluding hydrogens is 430 g/mol. The maximum absolute atomic E-state index is 13.4. The van der Waals surface area contributed by atoms with E-state index in [9.17, 15) is 15.0 Å². The SMILES string of the molecule is CC1=CN2C3=C(C[C@@]4(O)[C@H]5Cc6ccc(O)c7c6[C@@]4(CCN5CC4CC4)[C@H]3O7)C(=O)NC2C=C1. The van der Waals surface area contributed by atoms with Crippen LogP contribution >= 0.6 is 0 Å². The van der Waals surface area contributed by atoms with Gasteiger partial charge in [-0.05, 0) is 68.3 Å². The summed E-state index contributed by atoms with van der Waals surface area (Å²) in [6.45, 7) is 3.95. The lowest BCUT2D eigenvalue weighted by molar-refractivity contribution is -0.172. The van der Waals surface area contributed by atoms with Crippen molar-refractivity contribution in [2.45, 2.75) is 68.4 Å². The van der Waals surface area contributed by atoms with Gasteiger partial charge >= 0.3 is 0 Å². The fourth-order valence-corrected chi connectivity index (χ4v) is 7.90. The molecule has 0 radical (unpaired) electrons. The first-order valence-electron chi connectivity index (χ1n) is 12.6. The number of aromatic hydroxyl groups is 1. The van der Waals surface area contributed by atoms with Gasteiger partial charge in [0, 0.05) is 36.3 Å². The van der Waals surface area contributed by atoms with Crippen LogP contribution < -0.4 is 10.1 Å². The summed E-state index contributed by atoms with van der Waals surface area (Å²) in [4.78, 5) is 18.0. The van der Waals surface area contributed by atoms with Gasteiger partial charge in [-0.2, -0.15) is 0 Å². The van der Waals surface area contributed by atoms with Crippen molar-refractivity contribution in [2.75, 3.05) is 13.1 Å². The molecule has 2 bridgehead atoms. The minimum atomic E-state index is -1.13. The first-order valence-corrected chi connectivity index (χ1v) is 12.6. The Morgan fingerprint density at radius 3 is 2.97 bits per heavy atom. The first-order chi connectivity index (χ1) is 16.4. The van der Waals surface area contributed by atoms with Crippen LogP contribution in [-0.4, -0.2) is 62.9 Å². The number of phenolic OH excluding ortho intramolecular Hbond substituents is 1. The molecule has 1 aromatic rings. The van der Waals surface area contributed by atoms with E-state index in [1.54, 1.807) is 6.07 Å². The second-order valence-corrected chi connectivity index (χ2v) is 11.3. The van der Waals surface area contributed by atoms with Crippen molar-refractivity contribution in [1.29, 1.82) is 0 Å². The molecule has 4 aliphatic heterocycles. The van der Waals surface area contributed by atoms with E-state index in [-0.39, 0.29) is 23.9 Å². The highest BCUT2D eigenvalue weighted by atomic mass is 16.5. The number of likely N-dealkylation sites (tertiary alicyclic amines) is 1. The molecule has 1 spiro atoms. The molecule has 1 saturated heterocycles. The van der Waals surface area contributed by atoms with Crippen molar-refractivity contribution < 1.29 is 19.7 Å². The lowest BCUT2D eigenvalue weighted by Crippen LogP contribution is -2.77. The van der Waals surface area contributed by atoms with Gasteiger partial charge in [-0.1, -0.05) is 12.1 Å². The Hall–Kier alpha value is -2.77. The summed E-state index contributed by atoms with van der Waals surface area (Å²) in [5.41, 5.74) is 2.89. The third-order valence-corrected chi connectivity index (χ3v) is 9.53. The van der Waals surface area contributed by atoms with E-state index >= 15 is 0 Å². The Morgan fingerprint density at radius 1 is 1.29 bits per heavy atom. The number of nitrogens with zero attached hydrogens (tertiary/aromatic N) is 2. The van der Waals surface area contributed by atoms with Crippen molar-refractivity contribution >= 4 is 5.91 Å². The van der Waals surface area contributed by atoms with E-state index in [4.69, 9.17) is 4.74 Å². The molecule has 8 rings (SSSR count). The Balaban J connectivity index is 1.38. The molecule has 176 valence electrons. The fraction of sp³-hybridized carbons (Fsp3) is 0.519. The number of benzene rings is 1. The molecule has 1 amide bonds. The number of allylic oxidation sites excluding steroid dienone is 2. The Morgan fingerprint density at radius 2 is 2.15 bits per heavy atom. The maximum Gasteiger partial charge on any atom is 0.251 e. The number of nitrogens with one attached hydrogen (secondary N) is 1. The molecule has 7 aliphatic rings. The molecule has 1 saturated carbocycles. The Labute approximate surface area is 198 Å². The molecule has 1 aromatic carbocycles. The standard InChI is InChI=1S/C27H29N3O4/c1-14-2-7-20-28-25(32)17-11-27(33)19-10-16-5-6-18(31)23-21(16)26(27,8-9-29(19)13-15-3-4-15)24(34-23)22(17)30(20)12-14/h2,5-7,12,15,19-20,24,31,33H,3-4,8-11,13H2,1H3,(H,28,32)/t19-,20?,24+,26+,27-/m1/s1. The third kappa shape index (κ3) is 2.14. The van der Waals surface area contributed by atoms with Crippen molar-refractivity contribution in [2.24, 2.45) is 5.92 Å². The molecule has 4 heterocycles. The highest BCUT2D eigenvalue weighted by molar-refractivity contribution is 5.97. The smallest absolute Gasteiger partial charge is 0.251 e. The zero-order valence-electron chi connectivity index (χ0n) is 19.3. The Kier molecular flexibility index (Phi) is 3.49. The van der Waals surface area contributed by atoms with Gasteiger partial charge in [0.05, 0.1) is 16.7 Å². The number of hydrogen-bond acceptors (Lipinski definition) is 6. The van der Waals surface area contributed by atoms with Crippen LogP contribution in [0.5, 0.6) is 11.5 Å². The van der Waals surface area contributed by atoms with Gasteiger partial charge in [0.2, 0.25) is 0 Å². The zero-order valence-corrected chi connectivity index (χ0v) is 19.3. The second-order valence-electron chi connectivity index (χ2n) is 11.3. The van der Waals surface area contributed by atoms with Crippen LogP contribution in [0.2, 0.25) is 0 Å². The minimum Gasteiger partial charge on any atom is -0.504 e. The number of phenols is 1. The monoisotopic (exact) mass is 459 g/mol. The number of piperidine rings is 1. The fourth-order valence-electron chi connectivity index (χ4n) is 7.90. The van der Waals surface area contributed by atoms with Crippen LogP contribution in [0.4, 0.5) is 0 Å². The second kappa shape index (κ2) is 6.07. The molecule has 2 fully saturated rings. The van der Waals surface area contributed by atoms with Crippen LogP contribution in [0, 0.1) is 5.92 Å². The number of amides is 1. The normalized spacial score (nSPS) is 39.1. The van der Waals surface area contributed by atoms with Crippen LogP contribution in [0.3, 0.4) is 0 Å². The predicted octanol–water partition coefficient (Wildman–Crippen LogP) is 2.05. The van der Waals surface area contributed by atoms with Crippen molar-refractivity contribution in [3.05, 3.63) is 58.5 Å². The lowest BCUT2D eigenvalue weighted by atomic mass is 9.48. The topological polar surface area (TPSA) is 85.3 Å². The number of rotatable bonds is 2. The summed E-state index contributed by atoms with van der Waals surface area (Å²) in [6.07, 6.45) is 9.59. The molecule has 1 unspecified atom stereocenters. The summed E-state index contributed by atoms with van der Waals surface area (Å²) in [5, 5.41) is 26.7. The van der Waals surface area contributed by atoms with Crippen molar-refractivity contribution in [3.8, 4) is 11.5 Å². The van der Waals surface area contributed by atoms with E-state index in [2.05, 4.69) is 21.3 Å². The summed E-state index contributed by atoms with van der Waals surface area (Å²) in [6, 6.07) is 3.67. The molecular formula is C27H29N3O4. The molecule has 5 atom stereocenters. The predicted molar refractivity (Wildman–Crippen MR) is 124 cm³/mol. The van der Waals surface area contributed by atoms with Gasteiger partial charge in [0.1, 0.15) is 6.17 Å². The van der Waals surface area contributed by atoms with E-state index < -0.39 is 17.1 Å². The first kappa shape index (κ1) is 19.5. The molecule has 3 N–H and O–H groups in total. The van der Waals surface area contributed by atoms with Gasteiger partial charge in [0.25, 0.3) is 5.91 Å². The zero-order chi connectivity index (χ0) is 23.0. The summed E-state index contributed by atoms with van der Waals surface area (Å²) in [7, 11) is 0. The number of carbonyl (C=O) groups excluding carboxylic acids is 1. The summed E-state index contributed by atoms with van der Waals surface area (Å²) >= 11 is 0. The van der Waals surface area contributed by atoms with Gasteiger partial charge in [-0.25, -0.2) is 0 Å². The maximum atomic E-state index is 13.4. The molecule has 3 aliphatic carbocycles. The molecule has 0 aromatic heterocycles. The van der Waals surface area contributed by atoms with Gasteiger partial charge < -0.3 is 25.2 Å².